The highest BCUT2D eigenvalue weighted by molar-refractivity contribution is 14.0. The molecule has 1 fully saturated rings. The van der Waals surface area contributed by atoms with Gasteiger partial charge in [0.1, 0.15) is 0 Å². The fourth-order valence-electron chi connectivity index (χ4n) is 2.72. The summed E-state index contributed by atoms with van der Waals surface area (Å²) in [7, 11) is -3.07. The van der Waals surface area contributed by atoms with Crippen molar-refractivity contribution in [1.82, 2.24) is 10.6 Å². The molecule has 0 aliphatic carbocycles. The van der Waals surface area contributed by atoms with Crippen molar-refractivity contribution in [3.05, 3.63) is 35.9 Å². The highest BCUT2D eigenvalue weighted by atomic mass is 127. The number of sulfone groups is 1. The van der Waals surface area contributed by atoms with Crippen molar-refractivity contribution in [2.45, 2.75) is 37.2 Å². The lowest BCUT2D eigenvalue weighted by Gasteiger charge is -2.12. The molecule has 2 rings (SSSR count). The van der Waals surface area contributed by atoms with Crippen molar-refractivity contribution >= 4 is 51.5 Å². The van der Waals surface area contributed by atoms with Crippen LogP contribution in [0.4, 0.5) is 0 Å². The van der Waals surface area contributed by atoms with Crippen molar-refractivity contribution in [3.8, 4) is 0 Å². The zero-order chi connectivity index (χ0) is 18.0. The van der Waals surface area contributed by atoms with Crippen LogP contribution in [0.3, 0.4) is 0 Å². The average molecular weight is 511 g/mol. The number of hydrogen-bond donors (Lipinski definition) is 2. The lowest BCUT2D eigenvalue weighted by molar-refractivity contribution is 0.591. The van der Waals surface area contributed by atoms with Gasteiger partial charge in [0.2, 0.25) is 0 Å². The van der Waals surface area contributed by atoms with Gasteiger partial charge in [0, 0.05) is 18.3 Å². The molecule has 1 saturated heterocycles. The molecule has 1 aliphatic rings. The summed E-state index contributed by atoms with van der Waals surface area (Å²) in [5.74, 6) is 2.33. The summed E-state index contributed by atoms with van der Waals surface area (Å²) in [6.45, 7) is 4.27. The van der Waals surface area contributed by atoms with E-state index in [0.29, 0.717) is 18.2 Å². The number of guanidine groups is 1. The van der Waals surface area contributed by atoms with Gasteiger partial charge in [0.05, 0.1) is 18.1 Å². The van der Waals surface area contributed by atoms with E-state index in [4.69, 9.17) is 0 Å². The van der Waals surface area contributed by atoms with Crippen LogP contribution in [0, 0.1) is 0 Å². The van der Waals surface area contributed by atoms with E-state index < -0.39 is 9.84 Å². The zero-order valence-electron chi connectivity index (χ0n) is 15.3. The van der Waals surface area contributed by atoms with E-state index in [1.165, 1.54) is 18.6 Å². The predicted octanol–water partition coefficient (Wildman–Crippen LogP) is 3.06. The Kier molecular flexibility index (Phi) is 11.6. The Morgan fingerprint density at radius 1 is 1.27 bits per heavy atom. The smallest absolute Gasteiger partial charge is 0.191 e. The molecule has 1 aromatic carbocycles. The van der Waals surface area contributed by atoms with E-state index in [-0.39, 0.29) is 35.5 Å². The quantitative estimate of drug-likeness (QED) is 0.231. The van der Waals surface area contributed by atoms with Gasteiger partial charge in [-0.1, -0.05) is 30.3 Å². The van der Waals surface area contributed by atoms with Crippen molar-refractivity contribution in [3.63, 3.8) is 0 Å². The molecule has 148 valence electrons. The van der Waals surface area contributed by atoms with E-state index in [1.807, 2.05) is 49.0 Å². The van der Waals surface area contributed by atoms with Gasteiger partial charge in [0.25, 0.3) is 0 Å². The fraction of sp³-hybridized carbons (Fsp3) is 0.611. The van der Waals surface area contributed by atoms with Crippen LogP contribution in [0.25, 0.3) is 0 Å². The molecule has 26 heavy (non-hydrogen) atoms. The molecule has 0 radical (unpaired) electrons. The Morgan fingerprint density at radius 2 is 2.04 bits per heavy atom. The van der Waals surface area contributed by atoms with Crippen LogP contribution < -0.4 is 10.6 Å². The molecule has 8 heteroatoms. The average Bonchev–Trinajstić information content (AvgIpc) is 3.10. The molecule has 0 aromatic heterocycles. The van der Waals surface area contributed by atoms with E-state index in [0.717, 1.165) is 24.6 Å². The Morgan fingerprint density at radius 3 is 2.69 bits per heavy atom. The van der Waals surface area contributed by atoms with Gasteiger partial charge in [-0.25, -0.2) is 8.42 Å². The Bertz CT molecular complexity index is 633. The first-order valence-corrected chi connectivity index (χ1v) is 11.8. The standard InChI is InChI=1S/C18H29N3O2S2.HI/c1-2-19-18(21-14-17-10-6-12-24-17)20-11-7-13-25(22,23)15-16-8-4-3-5-9-16;/h3-5,8-9,17H,2,6-7,10-15H2,1H3,(H2,19,20,21);1H. The molecule has 1 heterocycles. The van der Waals surface area contributed by atoms with Crippen LogP contribution in [-0.4, -0.2) is 50.8 Å². The molecule has 1 unspecified atom stereocenters. The number of hydrogen-bond acceptors (Lipinski definition) is 4. The van der Waals surface area contributed by atoms with Crippen molar-refractivity contribution in [2.24, 2.45) is 4.99 Å². The maximum Gasteiger partial charge on any atom is 0.191 e. The molecular weight excluding hydrogens is 481 g/mol. The van der Waals surface area contributed by atoms with E-state index in [2.05, 4.69) is 15.6 Å². The summed E-state index contributed by atoms with van der Waals surface area (Å²) in [6.07, 6.45) is 3.11. The van der Waals surface area contributed by atoms with Gasteiger partial charge in [-0.05, 0) is 37.5 Å². The molecule has 0 saturated carbocycles. The lowest BCUT2D eigenvalue weighted by Crippen LogP contribution is -2.38. The second-order valence-corrected chi connectivity index (χ2v) is 9.80. The minimum atomic E-state index is -3.07. The molecule has 5 nitrogen and oxygen atoms in total. The second kappa shape index (κ2) is 12.8. The molecule has 1 aliphatic heterocycles. The van der Waals surface area contributed by atoms with Crippen LogP contribution in [0.2, 0.25) is 0 Å². The number of rotatable bonds is 9. The summed E-state index contributed by atoms with van der Waals surface area (Å²) in [6, 6.07) is 9.34. The van der Waals surface area contributed by atoms with Gasteiger partial charge < -0.3 is 10.6 Å². The minimum Gasteiger partial charge on any atom is -0.357 e. The summed E-state index contributed by atoms with van der Waals surface area (Å²) in [5, 5.41) is 7.10. The van der Waals surface area contributed by atoms with Crippen LogP contribution >= 0.6 is 35.7 Å². The number of nitrogens with one attached hydrogen (secondary N) is 2. The molecular formula is C18H30IN3O2S2. The number of aliphatic imine (C=N–C) groups is 1. The Labute approximate surface area is 179 Å². The van der Waals surface area contributed by atoms with Crippen LogP contribution in [-0.2, 0) is 15.6 Å². The minimum absolute atomic E-state index is 0. The van der Waals surface area contributed by atoms with E-state index in [9.17, 15) is 8.42 Å². The normalized spacial score (nSPS) is 17.6. The molecule has 1 aromatic rings. The third kappa shape index (κ3) is 9.45. The first kappa shape index (κ1) is 23.6. The topological polar surface area (TPSA) is 70.6 Å². The summed E-state index contributed by atoms with van der Waals surface area (Å²) < 4.78 is 24.4. The molecule has 0 spiro atoms. The molecule has 0 amide bonds. The molecule has 1 atom stereocenters. The van der Waals surface area contributed by atoms with Crippen LogP contribution in [0.5, 0.6) is 0 Å². The molecule has 2 N–H and O–H groups in total. The highest BCUT2D eigenvalue weighted by Gasteiger charge is 2.15. The van der Waals surface area contributed by atoms with Gasteiger partial charge >= 0.3 is 0 Å². The fourth-order valence-corrected chi connectivity index (χ4v) is 5.33. The van der Waals surface area contributed by atoms with Gasteiger partial charge in [-0.2, -0.15) is 11.8 Å². The predicted molar refractivity (Wildman–Crippen MR) is 123 cm³/mol. The van der Waals surface area contributed by atoms with Gasteiger partial charge in [0.15, 0.2) is 15.8 Å². The largest absolute Gasteiger partial charge is 0.357 e. The summed E-state index contributed by atoms with van der Waals surface area (Å²) in [5.41, 5.74) is 0.847. The number of halogens is 1. The van der Waals surface area contributed by atoms with Crippen molar-refractivity contribution in [1.29, 1.82) is 0 Å². The van der Waals surface area contributed by atoms with E-state index >= 15 is 0 Å². The number of nitrogens with zero attached hydrogens (tertiary/aromatic N) is 1. The van der Waals surface area contributed by atoms with Crippen molar-refractivity contribution in [2.75, 3.05) is 31.1 Å². The third-order valence-electron chi connectivity index (χ3n) is 3.98. The molecule has 0 bridgehead atoms. The second-order valence-electron chi connectivity index (χ2n) is 6.21. The number of benzene rings is 1. The first-order valence-electron chi connectivity index (χ1n) is 8.97. The van der Waals surface area contributed by atoms with Crippen molar-refractivity contribution < 1.29 is 8.42 Å². The monoisotopic (exact) mass is 511 g/mol. The summed E-state index contributed by atoms with van der Waals surface area (Å²) >= 11 is 1.99. The van der Waals surface area contributed by atoms with Crippen LogP contribution in [0.15, 0.2) is 35.3 Å². The number of thioether (sulfide) groups is 1. The maximum absolute atomic E-state index is 12.2. The lowest BCUT2D eigenvalue weighted by atomic mass is 10.2. The zero-order valence-corrected chi connectivity index (χ0v) is 19.3. The van der Waals surface area contributed by atoms with Gasteiger partial charge in [-0.15, -0.1) is 24.0 Å². The van der Waals surface area contributed by atoms with Gasteiger partial charge in [-0.3, -0.25) is 4.99 Å². The van der Waals surface area contributed by atoms with E-state index in [1.54, 1.807) is 0 Å². The Balaban J connectivity index is 0.00000338. The van der Waals surface area contributed by atoms with Crippen LogP contribution in [0.1, 0.15) is 31.7 Å². The summed E-state index contributed by atoms with van der Waals surface area (Å²) in [4.78, 5) is 4.62. The maximum atomic E-state index is 12.2. The third-order valence-corrected chi connectivity index (χ3v) is 7.04. The SMILES string of the molecule is CCNC(=NCC1CCCS1)NCCCS(=O)(=O)Cc1ccccc1.I. The first-order chi connectivity index (χ1) is 12.1. The Hall–Kier alpha value is -0.480. The highest BCUT2D eigenvalue weighted by Crippen LogP contribution is 2.25.